The van der Waals surface area contributed by atoms with E-state index in [2.05, 4.69) is 15.5 Å². The number of hydrogen-bond donors (Lipinski definition) is 1. The summed E-state index contributed by atoms with van der Waals surface area (Å²) in [6, 6.07) is 7.70. The molecule has 3 rings (SSSR count). The fourth-order valence-electron chi connectivity index (χ4n) is 3.52. The lowest BCUT2D eigenvalue weighted by molar-refractivity contribution is -0.113. The van der Waals surface area contributed by atoms with Crippen LogP contribution in [0.15, 0.2) is 29.4 Å². The number of benzene rings is 1. The van der Waals surface area contributed by atoms with Gasteiger partial charge >= 0.3 is 5.97 Å². The molecule has 33 heavy (non-hydrogen) atoms. The summed E-state index contributed by atoms with van der Waals surface area (Å²) in [5.41, 5.74) is 2.19. The molecule has 2 heterocycles. The zero-order valence-electron chi connectivity index (χ0n) is 19.4. The maximum atomic E-state index is 12.7. The molecule has 3 aromatic rings. The number of methoxy groups -OCH3 is 1. The van der Waals surface area contributed by atoms with Crippen LogP contribution in [0.3, 0.4) is 0 Å². The van der Waals surface area contributed by atoms with Crippen molar-refractivity contribution < 1.29 is 19.1 Å². The maximum absolute atomic E-state index is 12.7. The Bertz CT molecular complexity index is 1140. The Balaban J connectivity index is 1.77. The Kier molecular flexibility index (Phi) is 8.51. The van der Waals surface area contributed by atoms with E-state index in [9.17, 15) is 9.59 Å². The van der Waals surface area contributed by atoms with Crippen molar-refractivity contribution in [2.24, 2.45) is 0 Å². The molecule has 0 spiro atoms. The Labute approximate surface area is 201 Å². The van der Waals surface area contributed by atoms with Crippen molar-refractivity contribution in [3.05, 3.63) is 40.3 Å². The van der Waals surface area contributed by atoms with Crippen LogP contribution >= 0.6 is 23.1 Å². The zero-order chi connectivity index (χ0) is 24.0. The van der Waals surface area contributed by atoms with Gasteiger partial charge in [-0.25, -0.2) is 4.79 Å². The first-order valence-corrected chi connectivity index (χ1v) is 12.5. The van der Waals surface area contributed by atoms with Crippen LogP contribution in [0, 0.1) is 6.92 Å². The molecular formula is C23H28N4O4S2. The highest BCUT2D eigenvalue weighted by atomic mass is 32.2. The van der Waals surface area contributed by atoms with Crippen molar-refractivity contribution in [2.45, 2.75) is 45.8 Å². The molecule has 176 valence electrons. The van der Waals surface area contributed by atoms with Crippen LogP contribution in [-0.2, 0) is 22.5 Å². The quantitative estimate of drug-likeness (QED) is 0.323. The van der Waals surface area contributed by atoms with Gasteiger partial charge in [0.1, 0.15) is 10.8 Å². The van der Waals surface area contributed by atoms with Gasteiger partial charge in [-0.3, -0.25) is 4.79 Å². The summed E-state index contributed by atoms with van der Waals surface area (Å²) in [6.07, 6.45) is 0.684. The lowest BCUT2D eigenvalue weighted by Gasteiger charge is -2.11. The van der Waals surface area contributed by atoms with Crippen LogP contribution in [0.1, 0.15) is 41.6 Å². The minimum absolute atomic E-state index is 0.129. The average molecular weight is 489 g/mol. The number of nitrogens with zero attached hydrogens (tertiary/aromatic N) is 3. The highest BCUT2D eigenvalue weighted by Gasteiger charge is 2.23. The average Bonchev–Trinajstić information content (AvgIpc) is 3.37. The molecule has 0 atom stereocenters. The van der Waals surface area contributed by atoms with Crippen molar-refractivity contribution in [2.75, 3.05) is 24.8 Å². The number of ether oxygens (including phenoxy) is 2. The van der Waals surface area contributed by atoms with E-state index in [-0.39, 0.29) is 11.7 Å². The van der Waals surface area contributed by atoms with Gasteiger partial charge in [0.05, 0.1) is 30.6 Å². The number of esters is 1. The number of aromatic nitrogens is 3. The smallest absolute Gasteiger partial charge is 0.341 e. The number of thiophene rings is 1. The number of hydrogen-bond acceptors (Lipinski definition) is 8. The van der Waals surface area contributed by atoms with E-state index in [0.717, 1.165) is 21.8 Å². The molecule has 0 radical (unpaired) electrons. The summed E-state index contributed by atoms with van der Waals surface area (Å²) >= 11 is 2.68. The fraction of sp³-hybridized carbons (Fsp3) is 0.391. The first-order valence-electron chi connectivity index (χ1n) is 10.7. The number of aryl methyl sites for hydroxylation is 1. The molecule has 0 saturated carbocycles. The van der Waals surface area contributed by atoms with E-state index in [0.29, 0.717) is 41.1 Å². The van der Waals surface area contributed by atoms with Crippen LogP contribution in [-0.4, -0.2) is 46.1 Å². The third-order valence-corrected chi connectivity index (χ3v) is 7.03. The fourth-order valence-corrected chi connectivity index (χ4v) is 5.47. The van der Waals surface area contributed by atoms with Gasteiger partial charge in [0, 0.05) is 11.4 Å². The number of thioether (sulfide) groups is 1. The largest absolute Gasteiger partial charge is 0.493 e. The molecule has 0 aliphatic heterocycles. The number of nitrogens with one attached hydrogen (secondary N) is 1. The van der Waals surface area contributed by atoms with Gasteiger partial charge in [-0.05, 0) is 44.9 Å². The van der Waals surface area contributed by atoms with E-state index < -0.39 is 5.97 Å². The van der Waals surface area contributed by atoms with Crippen molar-refractivity contribution in [1.82, 2.24) is 14.8 Å². The molecule has 1 aromatic carbocycles. The summed E-state index contributed by atoms with van der Waals surface area (Å²) in [5, 5.41) is 12.7. The van der Waals surface area contributed by atoms with Crippen LogP contribution in [0.4, 0.5) is 5.00 Å². The van der Waals surface area contributed by atoms with Gasteiger partial charge in [-0.15, -0.1) is 21.5 Å². The second-order valence-electron chi connectivity index (χ2n) is 7.00. The topological polar surface area (TPSA) is 95.3 Å². The van der Waals surface area contributed by atoms with Gasteiger partial charge in [-0.1, -0.05) is 30.8 Å². The minimum Gasteiger partial charge on any atom is -0.493 e. The first kappa shape index (κ1) is 24.8. The van der Waals surface area contributed by atoms with Gasteiger partial charge in [0.2, 0.25) is 5.91 Å². The van der Waals surface area contributed by atoms with Gasteiger partial charge in [0.25, 0.3) is 0 Å². The number of rotatable bonds is 10. The van der Waals surface area contributed by atoms with Gasteiger partial charge in [-0.2, -0.15) is 0 Å². The summed E-state index contributed by atoms with van der Waals surface area (Å²) in [7, 11) is 1.34. The molecule has 0 bridgehead atoms. The van der Waals surface area contributed by atoms with Crippen molar-refractivity contribution in [3.8, 4) is 17.1 Å². The van der Waals surface area contributed by atoms with E-state index in [1.54, 1.807) is 0 Å². The molecule has 1 amide bonds. The number of carbonyl (C=O) groups is 2. The molecular weight excluding hydrogens is 460 g/mol. The predicted octanol–water partition coefficient (Wildman–Crippen LogP) is 4.81. The molecule has 0 unspecified atom stereocenters. The van der Waals surface area contributed by atoms with E-state index in [1.807, 2.05) is 56.5 Å². The third-order valence-electron chi connectivity index (χ3n) is 5.00. The van der Waals surface area contributed by atoms with Crippen LogP contribution < -0.4 is 10.1 Å². The van der Waals surface area contributed by atoms with Crippen LogP contribution in [0.2, 0.25) is 0 Å². The second kappa shape index (κ2) is 11.3. The van der Waals surface area contributed by atoms with E-state index in [4.69, 9.17) is 9.47 Å². The number of carbonyl (C=O) groups excluding carboxylic acids is 2. The van der Waals surface area contributed by atoms with E-state index >= 15 is 0 Å². The summed E-state index contributed by atoms with van der Waals surface area (Å²) in [4.78, 5) is 26.0. The van der Waals surface area contributed by atoms with Crippen LogP contribution in [0.25, 0.3) is 11.4 Å². The van der Waals surface area contributed by atoms with Crippen molar-refractivity contribution in [1.29, 1.82) is 0 Å². The summed E-state index contributed by atoms with van der Waals surface area (Å²) < 4.78 is 12.6. The molecule has 1 N–H and O–H groups in total. The number of amides is 1. The molecule has 10 heteroatoms. The molecule has 8 nitrogen and oxygen atoms in total. The zero-order valence-corrected chi connectivity index (χ0v) is 21.1. The molecule has 2 aromatic heterocycles. The van der Waals surface area contributed by atoms with E-state index in [1.165, 1.54) is 30.2 Å². The number of anilines is 1. The normalized spacial score (nSPS) is 10.8. The summed E-state index contributed by atoms with van der Waals surface area (Å²) in [6.45, 7) is 9.04. The second-order valence-corrected chi connectivity index (χ2v) is 9.17. The lowest BCUT2D eigenvalue weighted by atomic mass is 10.1. The molecule has 0 fully saturated rings. The standard InChI is InChI=1S/C23H28N4O4S2/c1-6-15-14(4)33-21(19(15)22(29)30-5)24-18(28)13-32-23-26-25-20(27(23)7-2)16-11-9-10-12-17(16)31-8-3/h9-12H,6-8,13H2,1-5H3,(H,24,28). The lowest BCUT2D eigenvalue weighted by Crippen LogP contribution is -2.16. The summed E-state index contributed by atoms with van der Waals surface area (Å²) in [5.74, 6) is 0.897. The highest BCUT2D eigenvalue weighted by Crippen LogP contribution is 2.35. The Morgan fingerprint density at radius 3 is 2.61 bits per heavy atom. The monoisotopic (exact) mass is 488 g/mol. The van der Waals surface area contributed by atoms with Gasteiger partial charge < -0.3 is 19.4 Å². The molecule has 0 aliphatic carbocycles. The Hall–Kier alpha value is -2.85. The van der Waals surface area contributed by atoms with Crippen LogP contribution in [0.5, 0.6) is 5.75 Å². The Morgan fingerprint density at radius 1 is 1.18 bits per heavy atom. The van der Waals surface area contributed by atoms with Crippen molar-refractivity contribution in [3.63, 3.8) is 0 Å². The Morgan fingerprint density at radius 2 is 1.94 bits per heavy atom. The third kappa shape index (κ3) is 5.39. The molecule has 0 aliphatic rings. The first-order chi connectivity index (χ1) is 15.9. The SMILES string of the molecule is CCOc1ccccc1-c1nnc(SCC(=O)Nc2sc(C)c(CC)c2C(=O)OC)n1CC. The minimum atomic E-state index is -0.442. The molecule has 0 saturated heterocycles. The predicted molar refractivity (Wildman–Crippen MR) is 131 cm³/mol. The van der Waals surface area contributed by atoms with Crippen molar-refractivity contribution >= 4 is 40.0 Å². The van der Waals surface area contributed by atoms with Gasteiger partial charge in [0.15, 0.2) is 11.0 Å². The maximum Gasteiger partial charge on any atom is 0.341 e. The highest BCUT2D eigenvalue weighted by molar-refractivity contribution is 7.99. The number of para-hydroxylation sites is 1.